The smallest absolute Gasteiger partial charge is 0.316 e. The van der Waals surface area contributed by atoms with E-state index in [1.165, 1.54) is 4.90 Å². The predicted molar refractivity (Wildman–Crippen MR) is 55.3 cm³/mol. The maximum atomic E-state index is 12.1. The molecule has 94 valence electrons. The van der Waals surface area contributed by atoms with Crippen LogP contribution in [0, 0.1) is 5.92 Å². The van der Waals surface area contributed by atoms with Gasteiger partial charge in [0.1, 0.15) is 0 Å². The fourth-order valence-electron chi connectivity index (χ4n) is 2.23. The number of hydrogen-bond donors (Lipinski definition) is 1. The van der Waals surface area contributed by atoms with Crippen molar-refractivity contribution in [3.05, 3.63) is 0 Å². The molecule has 0 unspecified atom stereocenters. The Morgan fingerprint density at radius 3 is 2.00 bits per heavy atom. The van der Waals surface area contributed by atoms with Crippen molar-refractivity contribution in [1.29, 1.82) is 0 Å². The monoisotopic (exact) mass is 237 g/mol. The molecule has 2 saturated heterocycles. The molecule has 1 N–H and O–H groups in total. The Labute approximate surface area is 93.6 Å². The Bertz CT molecular complexity index is 220. The van der Waals surface area contributed by atoms with Gasteiger partial charge in [0, 0.05) is 45.8 Å². The molecule has 0 amide bonds. The molecule has 2 heterocycles. The van der Waals surface area contributed by atoms with Crippen LogP contribution >= 0.6 is 0 Å². The maximum absolute atomic E-state index is 12.1. The molecule has 0 aromatic carbocycles. The van der Waals surface area contributed by atoms with Crippen molar-refractivity contribution < 1.29 is 13.2 Å². The van der Waals surface area contributed by atoms with Crippen LogP contribution in [0.1, 0.15) is 0 Å². The highest BCUT2D eigenvalue weighted by Gasteiger charge is 2.32. The Morgan fingerprint density at radius 2 is 1.56 bits per heavy atom. The highest BCUT2D eigenvalue weighted by molar-refractivity contribution is 4.81. The SMILES string of the molecule is FC(F)(F)CN1CCN(CC2CNC2)CC1. The van der Waals surface area contributed by atoms with Gasteiger partial charge in [-0.05, 0) is 5.92 Å². The molecule has 2 rings (SSSR count). The molecule has 0 bridgehead atoms. The summed E-state index contributed by atoms with van der Waals surface area (Å²) in [7, 11) is 0. The van der Waals surface area contributed by atoms with Crippen LogP contribution in [0.3, 0.4) is 0 Å². The van der Waals surface area contributed by atoms with Crippen LogP contribution in [0.25, 0.3) is 0 Å². The highest BCUT2D eigenvalue weighted by atomic mass is 19.4. The lowest BCUT2D eigenvalue weighted by molar-refractivity contribution is -0.149. The van der Waals surface area contributed by atoms with E-state index >= 15 is 0 Å². The largest absolute Gasteiger partial charge is 0.401 e. The molecule has 6 heteroatoms. The van der Waals surface area contributed by atoms with Crippen molar-refractivity contribution in [1.82, 2.24) is 15.1 Å². The van der Waals surface area contributed by atoms with Gasteiger partial charge < -0.3 is 10.2 Å². The van der Waals surface area contributed by atoms with Crippen molar-refractivity contribution >= 4 is 0 Å². The van der Waals surface area contributed by atoms with E-state index in [1.54, 1.807) is 0 Å². The van der Waals surface area contributed by atoms with E-state index in [-0.39, 0.29) is 0 Å². The van der Waals surface area contributed by atoms with E-state index in [9.17, 15) is 13.2 Å². The minimum absolute atomic E-state index is 0.541. The van der Waals surface area contributed by atoms with E-state index in [4.69, 9.17) is 0 Å². The fraction of sp³-hybridized carbons (Fsp3) is 1.00. The molecule has 0 atom stereocenters. The van der Waals surface area contributed by atoms with Crippen LogP contribution < -0.4 is 5.32 Å². The second-order valence-corrected chi connectivity index (χ2v) is 4.72. The topological polar surface area (TPSA) is 18.5 Å². The molecule has 0 radical (unpaired) electrons. The van der Waals surface area contributed by atoms with Gasteiger partial charge in [-0.1, -0.05) is 0 Å². The van der Waals surface area contributed by atoms with E-state index in [1.807, 2.05) is 0 Å². The summed E-state index contributed by atoms with van der Waals surface area (Å²) in [6, 6.07) is 0. The van der Waals surface area contributed by atoms with Crippen LogP contribution in [-0.2, 0) is 0 Å². The molecule has 2 aliphatic heterocycles. The Balaban J connectivity index is 1.65. The summed E-state index contributed by atoms with van der Waals surface area (Å²) >= 11 is 0. The van der Waals surface area contributed by atoms with Gasteiger partial charge in [-0.3, -0.25) is 4.90 Å². The zero-order valence-corrected chi connectivity index (χ0v) is 9.26. The van der Waals surface area contributed by atoms with Crippen LogP contribution in [0.2, 0.25) is 0 Å². The van der Waals surface area contributed by atoms with Crippen molar-refractivity contribution in [3.8, 4) is 0 Å². The summed E-state index contributed by atoms with van der Waals surface area (Å²) in [5, 5.41) is 3.20. The summed E-state index contributed by atoms with van der Waals surface area (Å²) < 4.78 is 36.4. The Hall–Kier alpha value is -0.330. The lowest BCUT2D eigenvalue weighted by Gasteiger charge is -2.38. The number of hydrogen-bond acceptors (Lipinski definition) is 3. The molecule has 16 heavy (non-hydrogen) atoms. The second kappa shape index (κ2) is 4.89. The molecule has 0 saturated carbocycles. The highest BCUT2D eigenvalue weighted by Crippen LogP contribution is 2.18. The van der Waals surface area contributed by atoms with Gasteiger partial charge in [0.2, 0.25) is 0 Å². The number of nitrogens with zero attached hydrogens (tertiary/aromatic N) is 2. The minimum Gasteiger partial charge on any atom is -0.316 e. The van der Waals surface area contributed by atoms with Gasteiger partial charge in [0.25, 0.3) is 0 Å². The summed E-state index contributed by atoms with van der Waals surface area (Å²) in [6.07, 6.45) is -4.06. The fourth-order valence-corrected chi connectivity index (χ4v) is 2.23. The predicted octanol–water partition coefficient (Wildman–Crippen LogP) is 0.386. The minimum atomic E-state index is -4.06. The van der Waals surface area contributed by atoms with E-state index in [2.05, 4.69) is 10.2 Å². The van der Waals surface area contributed by atoms with Crippen molar-refractivity contribution in [2.45, 2.75) is 6.18 Å². The number of halogens is 3. The lowest BCUT2D eigenvalue weighted by atomic mass is 10.0. The first-order valence-electron chi connectivity index (χ1n) is 5.75. The first-order chi connectivity index (χ1) is 7.53. The van der Waals surface area contributed by atoms with Gasteiger partial charge in [-0.15, -0.1) is 0 Å². The Kier molecular flexibility index (Phi) is 3.71. The molecule has 2 fully saturated rings. The summed E-state index contributed by atoms with van der Waals surface area (Å²) in [5.41, 5.74) is 0. The van der Waals surface area contributed by atoms with Crippen molar-refractivity contribution in [2.75, 3.05) is 52.4 Å². The van der Waals surface area contributed by atoms with Gasteiger partial charge >= 0.3 is 6.18 Å². The zero-order valence-electron chi connectivity index (χ0n) is 9.26. The first kappa shape index (κ1) is 12.1. The van der Waals surface area contributed by atoms with Gasteiger partial charge in [0.05, 0.1) is 6.54 Å². The molecular formula is C10H18F3N3. The molecular weight excluding hydrogens is 219 g/mol. The summed E-state index contributed by atoms with van der Waals surface area (Å²) in [5.74, 6) is 0.703. The zero-order chi connectivity index (χ0) is 11.6. The molecule has 0 aliphatic carbocycles. The summed E-state index contributed by atoms with van der Waals surface area (Å²) in [4.78, 5) is 3.77. The standard InChI is InChI=1S/C10H18F3N3/c11-10(12,13)8-16-3-1-15(2-4-16)7-9-5-14-6-9/h9,14H,1-8H2. The van der Waals surface area contributed by atoms with Crippen LogP contribution in [0.5, 0.6) is 0 Å². The third kappa shape index (κ3) is 3.61. The Morgan fingerprint density at radius 1 is 1.00 bits per heavy atom. The third-order valence-corrected chi connectivity index (χ3v) is 3.25. The van der Waals surface area contributed by atoms with Crippen LogP contribution in [-0.4, -0.2) is 68.3 Å². The molecule has 0 aromatic heterocycles. The average molecular weight is 237 g/mol. The molecule has 3 nitrogen and oxygen atoms in total. The molecule has 2 aliphatic rings. The first-order valence-corrected chi connectivity index (χ1v) is 5.75. The number of alkyl halides is 3. The number of piperazine rings is 1. The normalized spacial score (nSPS) is 25.7. The van der Waals surface area contributed by atoms with Gasteiger partial charge in [-0.25, -0.2) is 0 Å². The van der Waals surface area contributed by atoms with E-state index in [0.717, 1.165) is 32.7 Å². The quantitative estimate of drug-likeness (QED) is 0.766. The molecule has 0 aromatic rings. The number of rotatable bonds is 3. The maximum Gasteiger partial charge on any atom is 0.401 e. The second-order valence-electron chi connectivity index (χ2n) is 4.72. The summed E-state index contributed by atoms with van der Waals surface area (Å²) in [6.45, 7) is 5.02. The molecule has 0 spiro atoms. The van der Waals surface area contributed by atoms with E-state index in [0.29, 0.717) is 19.0 Å². The number of nitrogens with one attached hydrogen (secondary N) is 1. The average Bonchev–Trinajstić information content (AvgIpc) is 2.11. The van der Waals surface area contributed by atoms with Crippen LogP contribution in [0.15, 0.2) is 0 Å². The van der Waals surface area contributed by atoms with Crippen molar-refractivity contribution in [2.24, 2.45) is 5.92 Å². The van der Waals surface area contributed by atoms with Gasteiger partial charge in [-0.2, -0.15) is 13.2 Å². The van der Waals surface area contributed by atoms with Crippen LogP contribution in [0.4, 0.5) is 13.2 Å². The third-order valence-electron chi connectivity index (χ3n) is 3.25. The lowest BCUT2D eigenvalue weighted by Crippen LogP contribution is -2.54. The van der Waals surface area contributed by atoms with E-state index < -0.39 is 12.7 Å². The van der Waals surface area contributed by atoms with Gasteiger partial charge in [0.15, 0.2) is 0 Å². The van der Waals surface area contributed by atoms with Crippen molar-refractivity contribution in [3.63, 3.8) is 0 Å².